The number of amides is 2. The Morgan fingerprint density at radius 1 is 1.04 bits per heavy atom. The van der Waals surface area contributed by atoms with E-state index < -0.39 is 11.8 Å². The highest BCUT2D eigenvalue weighted by atomic mass is 79.9. The third-order valence-corrected chi connectivity index (χ3v) is 4.69. The normalized spacial score (nSPS) is 10.4. The van der Waals surface area contributed by atoms with Crippen molar-refractivity contribution in [2.75, 3.05) is 10.6 Å². The number of hydrogen-bond acceptors (Lipinski definition) is 3. The van der Waals surface area contributed by atoms with E-state index in [4.69, 9.17) is 11.6 Å². The summed E-state index contributed by atoms with van der Waals surface area (Å²) in [6, 6.07) is 14.1. The predicted octanol–water partition coefficient (Wildman–Crippen LogP) is 4.64. The average molecular weight is 434 g/mol. The molecule has 0 bridgehead atoms. The molecule has 0 unspecified atom stereocenters. The summed E-state index contributed by atoms with van der Waals surface area (Å²) in [6.07, 6.45) is 0. The van der Waals surface area contributed by atoms with Gasteiger partial charge in [-0.25, -0.2) is 0 Å². The molecule has 0 radical (unpaired) electrons. The third-order valence-electron chi connectivity index (χ3n) is 3.59. The summed E-state index contributed by atoms with van der Waals surface area (Å²) in [5.74, 6) is -0.551. The van der Waals surface area contributed by atoms with Crippen molar-refractivity contribution in [2.45, 2.75) is 6.92 Å². The highest BCUT2D eigenvalue weighted by molar-refractivity contribution is 9.10. The van der Waals surface area contributed by atoms with Crippen LogP contribution in [0.2, 0.25) is 5.02 Å². The van der Waals surface area contributed by atoms with Crippen molar-refractivity contribution in [1.29, 1.82) is 0 Å². The fraction of sp³-hybridized carbons (Fsp3) is 0.0556. The van der Waals surface area contributed by atoms with Crippen LogP contribution < -0.4 is 10.6 Å². The fourth-order valence-electron chi connectivity index (χ4n) is 2.22. The molecule has 8 heteroatoms. The molecule has 3 N–H and O–H groups in total. The minimum atomic E-state index is -0.412. The van der Waals surface area contributed by atoms with E-state index in [0.29, 0.717) is 20.7 Å². The molecule has 0 aliphatic carbocycles. The molecule has 1 heterocycles. The highest BCUT2D eigenvalue weighted by Gasteiger charge is 2.20. The first-order valence-corrected chi connectivity index (χ1v) is 8.80. The number of anilines is 2. The zero-order valence-electron chi connectivity index (χ0n) is 13.6. The van der Waals surface area contributed by atoms with Crippen LogP contribution in [0.4, 0.5) is 11.5 Å². The Labute approximate surface area is 163 Å². The second-order valence-corrected chi connectivity index (χ2v) is 6.72. The number of hydrogen-bond donors (Lipinski definition) is 3. The van der Waals surface area contributed by atoms with E-state index in [0.717, 1.165) is 5.56 Å². The van der Waals surface area contributed by atoms with Crippen LogP contribution in [0.3, 0.4) is 0 Å². The first-order chi connectivity index (χ1) is 12.5. The van der Waals surface area contributed by atoms with Gasteiger partial charge in [-0.05, 0) is 47.1 Å². The van der Waals surface area contributed by atoms with Gasteiger partial charge in [0.15, 0.2) is 5.69 Å². The van der Waals surface area contributed by atoms with Crippen LogP contribution in [0.15, 0.2) is 53.0 Å². The number of nitrogens with one attached hydrogen (secondary N) is 3. The summed E-state index contributed by atoms with van der Waals surface area (Å²) in [5, 5.41) is 12.3. The number of carbonyl (C=O) groups excluding carboxylic acids is 2. The van der Waals surface area contributed by atoms with E-state index in [1.165, 1.54) is 0 Å². The average Bonchev–Trinajstić information content (AvgIpc) is 2.98. The molecule has 3 aromatic rings. The van der Waals surface area contributed by atoms with Gasteiger partial charge in [-0.2, -0.15) is 5.10 Å². The number of rotatable bonds is 4. The Morgan fingerprint density at radius 2 is 1.73 bits per heavy atom. The molecule has 2 amide bonds. The molecule has 26 heavy (non-hydrogen) atoms. The first kappa shape index (κ1) is 18.2. The maximum Gasteiger partial charge on any atom is 0.277 e. The third kappa shape index (κ3) is 3.95. The summed E-state index contributed by atoms with van der Waals surface area (Å²) in [6.45, 7) is 1.96. The van der Waals surface area contributed by atoms with E-state index in [-0.39, 0.29) is 11.5 Å². The number of aromatic amines is 1. The van der Waals surface area contributed by atoms with Gasteiger partial charge in [0.2, 0.25) is 0 Å². The smallest absolute Gasteiger partial charge is 0.277 e. The minimum Gasteiger partial charge on any atom is -0.321 e. The number of benzene rings is 2. The van der Waals surface area contributed by atoms with Gasteiger partial charge >= 0.3 is 0 Å². The Kier molecular flexibility index (Phi) is 5.39. The van der Waals surface area contributed by atoms with Gasteiger partial charge in [-0.15, -0.1) is 0 Å². The Bertz CT molecular complexity index is 970. The van der Waals surface area contributed by atoms with Crippen LogP contribution in [0.25, 0.3) is 0 Å². The molecular weight excluding hydrogens is 420 g/mol. The highest BCUT2D eigenvalue weighted by Crippen LogP contribution is 2.26. The maximum atomic E-state index is 12.4. The lowest BCUT2D eigenvalue weighted by Crippen LogP contribution is -2.14. The van der Waals surface area contributed by atoms with Crippen molar-refractivity contribution >= 4 is 50.9 Å². The topological polar surface area (TPSA) is 86.9 Å². The van der Waals surface area contributed by atoms with Gasteiger partial charge in [-0.3, -0.25) is 14.7 Å². The van der Waals surface area contributed by atoms with Crippen molar-refractivity contribution in [3.8, 4) is 0 Å². The molecule has 0 atom stereocenters. The number of carbonyl (C=O) groups is 2. The van der Waals surface area contributed by atoms with Crippen LogP contribution in [0.1, 0.15) is 26.4 Å². The number of aromatic nitrogens is 2. The number of H-pyrrole nitrogens is 1. The summed E-state index contributed by atoms with van der Waals surface area (Å²) in [5.41, 5.74) is 2.19. The van der Waals surface area contributed by atoms with Crippen molar-refractivity contribution < 1.29 is 9.59 Å². The second-order valence-electron chi connectivity index (χ2n) is 5.52. The van der Waals surface area contributed by atoms with E-state index >= 15 is 0 Å². The number of halogens is 2. The Hall–Kier alpha value is -2.64. The van der Waals surface area contributed by atoms with Crippen LogP contribution in [0.5, 0.6) is 0 Å². The lowest BCUT2D eigenvalue weighted by molar-refractivity contribution is 0.101. The summed E-state index contributed by atoms with van der Waals surface area (Å²) >= 11 is 9.31. The van der Waals surface area contributed by atoms with E-state index in [1.54, 1.807) is 36.4 Å². The largest absolute Gasteiger partial charge is 0.321 e. The fourth-order valence-corrected chi connectivity index (χ4v) is 2.89. The summed E-state index contributed by atoms with van der Waals surface area (Å²) < 4.78 is 0.350. The van der Waals surface area contributed by atoms with E-state index in [9.17, 15) is 9.59 Å². The molecule has 0 aliphatic rings. The summed E-state index contributed by atoms with van der Waals surface area (Å²) in [4.78, 5) is 24.7. The zero-order valence-corrected chi connectivity index (χ0v) is 16.0. The van der Waals surface area contributed by atoms with Gasteiger partial charge in [0.1, 0.15) is 5.82 Å². The van der Waals surface area contributed by atoms with Gasteiger partial charge in [0, 0.05) is 5.69 Å². The van der Waals surface area contributed by atoms with Gasteiger partial charge in [0.05, 0.1) is 15.1 Å². The van der Waals surface area contributed by atoms with Crippen molar-refractivity contribution in [3.05, 3.63) is 74.8 Å². The molecule has 0 saturated heterocycles. The Morgan fingerprint density at radius 3 is 2.42 bits per heavy atom. The maximum absolute atomic E-state index is 12.4. The van der Waals surface area contributed by atoms with Gasteiger partial charge in [0.25, 0.3) is 11.8 Å². The quantitative estimate of drug-likeness (QED) is 0.560. The standard InChI is InChI=1S/C18H14BrClN4O2/c1-10-6-8-11(9-7-10)21-18(26)15-14(19)16(24-23-15)22-17(25)12-4-2-3-5-13(12)20/h2-9H,1H3,(H,21,26)(H2,22,23,24,25). The van der Waals surface area contributed by atoms with Crippen LogP contribution >= 0.6 is 27.5 Å². The Balaban J connectivity index is 1.75. The van der Waals surface area contributed by atoms with Crippen LogP contribution in [0, 0.1) is 6.92 Å². The van der Waals surface area contributed by atoms with Crippen molar-refractivity contribution in [3.63, 3.8) is 0 Å². The molecule has 0 spiro atoms. The molecule has 2 aromatic carbocycles. The number of aryl methyl sites for hydroxylation is 1. The van der Waals surface area contributed by atoms with E-state index in [2.05, 4.69) is 36.8 Å². The molecule has 132 valence electrons. The SMILES string of the molecule is Cc1ccc(NC(=O)c2n[nH]c(NC(=O)c3ccccc3Cl)c2Br)cc1. The van der Waals surface area contributed by atoms with Gasteiger partial charge in [-0.1, -0.05) is 41.4 Å². The molecule has 0 aliphatic heterocycles. The van der Waals surface area contributed by atoms with Crippen molar-refractivity contribution in [2.24, 2.45) is 0 Å². The first-order valence-electron chi connectivity index (χ1n) is 7.63. The lowest BCUT2D eigenvalue weighted by atomic mass is 10.2. The van der Waals surface area contributed by atoms with Crippen LogP contribution in [-0.4, -0.2) is 22.0 Å². The summed E-state index contributed by atoms with van der Waals surface area (Å²) in [7, 11) is 0. The zero-order chi connectivity index (χ0) is 18.7. The minimum absolute atomic E-state index is 0.125. The molecular formula is C18H14BrClN4O2. The lowest BCUT2D eigenvalue weighted by Gasteiger charge is -2.06. The van der Waals surface area contributed by atoms with Crippen molar-refractivity contribution in [1.82, 2.24) is 10.2 Å². The number of nitrogens with zero attached hydrogens (tertiary/aromatic N) is 1. The molecule has 6 nitrogen and oxygen atoms in total. The predicted molar refractivity (Wildman–Crippen MR) is 105 cm³/mol. The van der Waals surface area contributed by atoms with E-state index in [1.807, 2.05) is 19.1 Å². The molecule has 1 aromatic heterocycles. The molecule has 0 saturated carbocycles. The second kappa shape index (κ2) is 7.72. The van der Waals surface area contributed by atoms with Crippen LogP contribution in [-0.2, 0) is 0 Å². The molecule has 0 fully saturated rings. The monoisotopic (exact) mass is 432 g/mol. The molecule has 3 rings (SSSR count). The van der Waals surface area contributed by atoms with Gasteiger partial charge < -0.3 is 10.6 Å².